The van der Waals surface area contributed by atoms with Crippen molar-refractivity contribution in [3.63, 3.8) is 0 Å². The van der Waals surface area contributed by atoms with Crippen LogP contribution < -0.4 is 5.32 Å². The molecule has 5 heteroatoms. The van der Waals surface area contributed by atoms with Crippen LogP contribution in [0.15, 0.2) is 35.1 Å². The van der Waals surface area contributed by atoms with Crippen LogP contribution in [0.25, 0.3) is 11.3 Å². The third-order valence-corrected chi connectivity index (χ3v) is 6.22. The highest BCUT2D eigenvalue weighted by molar-refractivity contribution is 5.57. The van der Waals surface area contributed by atoms with Gasteiger partial charge in [0.25, 0.3) is 0 Å². The molecule has 2 fully saturated rings. The third-order valence-electron chi connectivity index (χ3n) is 6.22. The van der Waals surface area contributed by atoms with Gasteiger partial charge < -0.3 is 9.84 Å². The average molecular weight is 340 g/mol. The first kappa shape index (κ1) is 16.7. The lowest BCUT2D eigenvalue weighted by Gasteiger charge is -2.45. The fourth-order valence-electron chi connectivity index (χ4n) is 4.53. The first-order valence-electron chi connectivity index (χ1n) is 9.51. The molecule has 1 N–H and O–H groups in total. The highest BCUT2D eigenvalue weighted by Gasteiger charge is 2.37. The van der Waals surface area contributed by atoms with Gasteiger partial charge in [-0.3, -0.25) is 9.88 Å². The standard InChI is InChI=1S/C20H28N4O/c1-24(17-4-6-20(7-5-17)8-11-21-12-9-20)15-18-13-19(23-25-18)16-3-2-10-22-14-16/h2-3,10,13-14,17,21H,4-9,11-12,15H2,1H3. The fraction of sp³-hybridized carbons (Fsp3) is 0.600. The molecule has 0 amide bonds. The van der Waals surface area contributed by atoms with E-state index in [-0.39, 0.29) is 0 Å². The molecule has 0 aromatic carbocycles. The molecule has 5 nitrogen and oxygen atoms in total. The van der Waals surface area contributed by atoms with E-state index in [1.807, 2.05) is 24.4 Å². The number of piperidine rings is 1. The van der Waals surface area contributed by atoms with Crippen molar-refractivity contribution in [2.45, 2.75) is 51.1 Å². The average Bonchev–Trinajstić information content (AvgIpc) is 3.12. The van der Waals surface area contributed by atoms with Crippen molar-refractivity contribution >= 4 is 0 Å². The molecule has 1 aliphatic carbocycles. The van der Waals surface area contributed by atoms with Crippen molar-refractivity contribution in [3.05, 3.63) is 36.4 Å². The Labute approximate surface area is 149 Å². The molecule has 1 aliphatic heterocycles. The second kappa shape index (κ2) is 7.26. The van der Waals surface area contributed by atoms with Gasteiger partial charge in [0.15, 0.2) is 5.76 Å². The minimum absolute atomic E-state index is 0.627. The van der Waals surface area contributed by atoms with Gasteiger partial charge in [-0.05, 0) is 76.2 Å². The Bertz CT molecular complexity index is 668. The van der Waals surface area contributed by atoms with E-state index in [0.717, 1.165) is 23.6 Å². The lowest BCUT2D eigenvalue weighted by molar-refractivity contribution is 0.0704. The van der Waals surface area contributed by atoms with E-state index in [9.17, 15) is 0 Å². The molecule has 4 rings (SSSR count). The van der Waals surface area contributed by atoms with Crippen molar-refractivity contribution in [3.8, 4) is 11.3 Å². The molecule has 2 aromatic rings. The number of hydrogen-bond donors (Lipinski definition) is 1. The van der Waals surface area contributed by atoms with E-state index < -0.39 is 0 Å². The molecule has 2 aliphatic rings. The zero-order chi connectivity index (χ0) is 17.1. The number of rotatable bonds is 4. The predicted molar refractivity (Wildman–Crippen MR) is 98.0 cm³/mol. The fourth-order valence-corrected chi connectivity index (χ4v) is 4.53. The van der Waals surface area contributed by atoms with Crippen molar-refractivity contribution in [1.29, 1.82) is 0 Å². The van der Waals surface area contributed by atoms with Gasteiger partial charge in [-0.1, -0.05) is 5.16 Å². The van der Waals surface area contributed by atoms with E-state index in [1.54, 1.807) is 6.20 Å². The molecule has 3 heterocycles. The van der Waals surface area contributed by atoms with Crippen LogP contribution in [0.4, 0.5) is 0 Å². The summed E-state index contributed by atoms with van der Waals surface area (Å²) in [7, 11) is 2.22. The topological polar surface area (TPSA) is 54.2 Å². The summed E-state index contributed by atoms with van der Waals surface area (Å²) in [6.07, 6.45) is 11.7. The van der Waals surface area contributed by atoms with Crippen LogP contribution in [0.1, 0.15) is 44.3 Å². The minimum atomic E-state index is 0.627. The van der Waals surface area contributed by atoms with Gasteiger partial charge in [0.2, 0.25) is 0 Å². The number of aromatic nitrogens is 2. The second-order valence-corrected chi connectivity index (χ2v) is 7.82. The molecular weight excluding hydrogens is 312 g/mol. The van der Waals surface area contributed by atoms with Gasteiger partial charge in [0.05, 0.1) is 6.54 Å². The zero-order valence-electron chi connectivity index (χ0n) is 15.1. The first-order valence-corrected chi connectivity index (χ1v) is 9.51. The molecular formula is C20H28N4O. The summed E-state index contributed by atoms with van der Waals surface area (Å²) < 4.78 is 5.56. The Morgan fingerprint density at radius 3 is 2.76 bits per heavy atom. The van der Waals surface area contributed by atoms with Crippen molar-refractivity contribution in [1.82, 2.24) is 20.4 Å². The summed E-state index contributed by atoms with van der Waals surface area (Å²) in [5.74, 6) is 0.934. The third kappa shape index (κ3) is 3.77. The molecule has 0 bridgehead atoms. The monoisotopic (exact) mass is 340 g/mol. The summed E-state index contributed by atoms with van der Waals surface area (Å²) >= 11 is 0. The Kier molecular flexibility index (Phi) is 4.86. The van der Waals surface area contributed by atoms with Gasteiger partial charge in [-0.15, -0.1) is 0 Å². The second-order valence-electron chi connectivity index (χ2n) is 7.82. The first-order chi connectivity index (χ1) is 12.2. The SMILES string of the molecule is CN(Cc1cc(-c2cccnc2)no1)C1CCC2(CCNCC2)CC1. The highest BCUT2D eigenvalue weighted by Crippen LogP contribution is 2.44. The number of nitrogens with one attached hydrogen (secondary N) is 1. The molecule has 1 spiro atoms. The van der Waals surface area contributed by atoms with Crippen LogP contribution >= 0.6 is 0 Å². The van der Waals surface area contributed by atoms with Crippen LogP contribution in [0.2, 0.25) is 0 Å². The molecule has 134 valence electrons. The largest absolute Gasteiger partial charge is 0.359 e. The molecule has 0 atom stereocenters. The predicted octanol–water partition coefficient (Wildman–Crippen LogP) is 3.48. The lowest BCUT2D eigenvalue weighted by atomic mass is 9.67. The maximum absolute atomic E-state index is 5.56. The van der Waals surface area contributed by atoms with Crippen molar-refractivity contribution in [2.24, 2.45) is 5.41 Å². The summed E-state index contributed by atoms with van der Waals surface area (Å²) in [5.41, 5.74) is 2.50. The normalized spacial score (nSPS) is 21.0. The van der Waals surface area contributed by atoms with Crippen LogP contribution in [0.5, 0.6) is 0 Å². The van der Waals surface area contributed by atoms with E-state index in [0.29, 0.717) is 11.5 Å². The Morgan fingerprint density at radius 1 is 1.24 bits per heavy atom. The number of hydrogen-bond acceptors (Lipinski definition) is 5. The van der Waals surface area contributed by atoms with Gasteiger partial charge in [-0.25, -0.2) is 0 Å². The lowest BCUT2D eigenvalue weighted by Crippen LogP contribution is -2.43. The summed E-state index contributed by atoms with van der Waals surface area (Å²) in [6, 6.07) is 6.64. The minimum Gasteiger partial charge on any atom is -0.359 e. The maximum Gasteiger partial charge on any atom is 0.151 e. The molecule has 1 saturated heterocycles. The van der Waals surface area contributed by atoms with Crippen LogP contribution in [-0.2, 0) is 6.54 Å². The molecule has 2 aromatic heterocycles. The van der Waals surface area contributed by atoms with Gasteiger partial charge in [0, 0.05) is 30.1 Å². The van der Waals surface area contributed by atoms with E-state index in [1.165, 1.54) is 51.6 Å². The van der Waals surface area contributed by atoms with Gasteiger partial charge >= 0.3 is 0 Å². The molecule has 0 unspecified atom stereocenters. The Hall–Kier alpha value is -1.72. The number of nitrogens with zero attached hydrogens (tertiary/aromatic N) is 3. The zero-order valence-corrected chi connectivity index (χ0v) is 15.1. The molecule has 1 saturated carbocycles. The smallest absolute Gasteiger partial charge is 0.151 e. The summed E-state index contributed by atoms with van der Waals surface area (Å²) in [4.78, 5) is 6.60. The Balaban J connectivity index is 1.33. The van der Waals surface area contributed by atoms with Crippen LogP contribution in [0.3, 0.4) is 0 Å². The maximum atomic E-state index is 5.56. The quantitative estimate of drug-likeness (QED) is 0.923. The van der Waals surface area contributed by atoms with E-state index in [4.69, 9.17) is 4.52 Å². The van der Waals surface area contributed by atoms with Crippen LogP contribution in [0, 0.1) is 5.41 Å². The summed E-state index contributed by atoms with van der Waals surface area (Å²) in [5, 5.41) is 7.71. The Morgan fingerprint density at radius 2 is 2.04 bits per heavy atom. The summed E-state index contributed by atoms with van der Waals surface area (Å²) in [6.45, 7) is 3.23. The van der Waals surface area contributed by atoms with E-state index >= 15 is 0 Å². The van der Waals surface area contributed by atoms with E-state index in [2.05, 4.69) is 27.4 Å². The van der Waals surface area contributed by atoms with Gasteiger partial charge in [0.1, 0.15) is 5.69 Å². The number of pyridine rings is 1. The highest BCUT2D eigenvalue weighted by atomic mass is 16.5. The molecule has 25 heavy (non-hydrogen) atoms. The van der Waals surface area contributed by atoms with Gasteiger partial charge in [-0.2, -0.15) is 0 Å². The molecule has 0 radical (unpaired) electrons. The van der Waals surface area contributed by atoms with Crippen molar-refractivity contribution < 1.29 is 4.52 Å². The van der Waals surface area contributed by atoms with Crippen molar-refractivity contribution in [2.75, 3.05) is 20.1 Å². The van der Waals surface area contributed by atoms with Crippen LogP contribution in [-0.4, -0.2) is 41.2 Å².